The molecule has 3 aromatic rings. The zero-order valence-electron chi connectivity index (χ0n) is 20.3. The lowest BCUT2D eigenvalue weighted by atomic mass is 10.2. The lowest BCUT2D eigenvalue weighted by Gasteiger charge is -2.27. The maximum Gasteiger partial charge on any atom is 0.339 e. The van der Waals surface area contributed by atoms with Gasteiger partial charge in [0.15, 0.2) is 5.16 Å². The standard InChI is InChI=1S/C25H27ClN6O4S/c1-2-12-36-22(34)19-15-18(8-9-20(19)26)27-21(33)16-37-25-30-23(28-17-6-4-3-5-7-17)29-24(31-25)32-10-13-35-14-11-32/h3-9,15H,2,10-14,16H2,1H3,(H,27,33)(H,28,29,30,31). The molecule has 0 atom stereocenters. The fraction of sp³-hybridized carbons (Fsp3) is 0.320. The molecule has 12 heteroatoms. The van der Waals surface area contributed by atoms with E-state index in [2.05, 4.69) is 25.6 Å². The van der Waals surface area contributed by atoms with Crippen molar-refractivity contribution in [3.8, 4) is 0 Å². The Kier molecular flexibility index (Phi) is 9.52. The minimum atomic E-state index is -0.531. The third-order valence-corrected chi connectivity index (χ3v) is 6.34. The number of halogens is 1. The summed E-state index contributed by atoms with van der Waals surface area (Å²) in [6.45, 7) is 4.71. The van der Waals surface area contributed by atoms with Gasteiger partial charge in [0.2, 0.25) is 17.8 Å². The second kappa shape index (κ2) is 13.2. The van der Waals surface area contributed by atoms with Crippen molar-refractivity contribution in [1.29, 1.82) is 0 Å². The van der Waals surface area contributed by atoms with Gasteiger partial charge in [0, 0.05) is 24.5 Å². The number of esters is 1. The molecule has 4 rings (SSSR count). The van der Waals surface area contributed by atoms with Crippen LogP contribution in [0.5, 0.6) is 0 Å². The van der Waals surface area contributed by atoms with Crippen molar-refractivity contribution in [2.45, 2.75) is 18.5 Å². The minimum Gasteiger partial charge on any atom is -0.462 e. The summed E-state index contributed by atoms with van der Waals surface area (Å²) in [6.07, 6.45) is 0.698. The second-order valence-electron chi connectivity index (χ2n) is 8.00. The molecule has 1 amide bonds. The van der Waals surface area contributed by atoms with E-state index in [1.165, 1.54) is 17.8 Å². The average molecular weight is 543 g/mol. The van der Waals surface area contributed by atoms with Crippen LogP contribution in [0.1, 0.15) is 23.7 Å². The second-order valence-corrected chi connectivity index (χ2v) is 9.35. The van der Waals surface area contributed by atoms with Crippen molar-refractivity contribution in [3.63, 3.8) is 0 Å². The Morgan fingerprint density at radius 3 is 2.62 bits per heavy atom. The molecule has 0 saturated carbocycles. The number of hydrogen-bond donors (Lipinski definition) is 2. The molecule has 1 aliphatic rings. The number of nitrogens with one attached hydrogen (secondary N) is 2. The Hall–Kier alpha value is -3.41. The van der Waals surface area contributed by atoms with Crippen molar-refractivity contribution in [3.05, 3.63) is 59.1 Å². The zero-order chi connectivity index (χ0) is 26.0. The third-order valence-electron chi connectivity index (χ3n) is 5.17. The number of thioether (sulfide) groups is 1. The molecule has 0 unspecified atom stereocenters. The average Bonchev–Trinajstić information content (AvgIpc) is 2.92. The minimum absolute atomic E-state index is 0.0512. The molecule has 1 aromatic heterocycles. The molecule has 0 radical (unpaired) electrons. The van der Waals surface area contributed by atoms with Crippen LogP contribution in [0.15, 0.2) is 53.7 Å². The van der Waals surface area contributed by atoms with Crippen LogP contribution in [0.4, 0.5) is 23.3 Å². The lowest BCUT2D eigenvalue weighted by Crippen LogP contribution is -2.37. The van der Waals surface area contributed by atoms with Gasteiger partial charge in [0.25, 0.3) is 0 Å². The van der Waals surface area contributed by atoms with Crippen LogP contribution in [0, 0.1) is 0 Å². The van der Waals surface area contributed by atoms with E-state index in [0.29, 0.717) is 62.1 Å². The van der Waals surface area contributed by atoms with Gasteiger partial charge in [-0.2, -0.15) is 15.0 Å². The first-order chi connectivity index (χ1) is 18.0. The van der Waals surface area contributed by atoms with Gasteiger partial charge >= 0.3 is 5.97 Å². The normalized spacial score (nSPS) is 13.2. The highest BCUT2D eigenvalue weighted by Crippen LogP contribution is 2.24. The lowest BCUT2D eigenvalue weighted by molar-refractivity contribution is -0.113. The molecule has 194 valence electrons. The predicted molar refractivity (Wildman–Crippen MR) is 144 cm³/mol. The first-order valence-electron chi connectivity index (χ1n) is 11.8. The van der Waals surface area contributed by atoms with E-state index < -0.39 is 5.97 Å². The SMILES string of the molecule is CCCOC(=O)c1cc(NC(=O)CSc2nc(Nc3ccccc3)nc(N3CCOCC3)n2)ccc1Cl. The summed E-state index contributed by atoms with van der Waals surface area (Å²) in [4.78, 5) is 40.6. The van der Waals surface area contributed by atoms with Gasteiger partial charge in [-0.1, -0.05) is 48.5 Å². The summed E-state index contributed by atoms with van der Waals surface area (Å²) in [6, 6.07) is 14.3. The molecule has 1 fully saturated rings. The molecule has 37 heavy (non-hydrogen) atoms. The van der Waals surface area contributed by atoms with Crippen LogP contribution in [-0.4, -0.2) is 65.5 Å². The van der Waals surface area contributed by atoms with Crippen LogP contribution in [0.25, 0.3) is 0 Å². The van der Waals surface area contributed by atoms with Crippen molar-refractivity contribution in [1.82, 2.24) is 15.0 Å². The number of rotatable bonds is 10. The van der Waals surface area contributed by atoms with Gasteiger partial charge in [-0.05, 0) is 36.8 Å². The fourth-order valence-electron chi connectivity index (χ4n) is 3.38. The van der Waals surface area contributed by atoms with E-state index in [-0.39, 0.29) is 22.2 Å². The summed E-state index contributed by atoms with van der Waals surface area (Å²) in [7, 11) is 0. The van der Waals surface area contributed by atoms with Crippen molar-refractivity contribution < 1.29 is 19.1 Å². The number of para-hydroxylation sites is 1. The number of hydrogen-bond acceptors (Lipinski definition) is 10. The van der Waals surface area contributed by atoms with Gasteiger partial charge in [0.1, 0.15) is 0 Å². The fourth-order valence-corrected chi connectivity index (χ4v) is 4.21. The van der Waals surface area contributed by atoms with Crippen LogP contribution in [-0.2, 0) is 14.3 Å². The predicted octanol–water partition coefficient (Wildman–Crippen LogP) is 4.40. The van der Waals surface area contributed by atoms with Crippen LogP contribution in [0.2, 0.25) is 5.02 Å². The van der Waals surface area contributed by atoms with E-state index in [0.717, 1.165) is 5.69 Å². The molecule has 0 aliphatic carbocycles. The molecule has 2 heterocycles. The Bertz CT molecular complexity index is 1230. The van der Waals surface area contributed by atoms with Gasteiger partial charge in [0.05, 0.1) is 36.2 Å². The van der Waals surface area contributed by atoms with Gasteiger partial charge in [-0.15, -0.1) is 0 Å². The molecular formula is C25H27ClN6O4S. The van der Waals surface area contributed by atoms with E-state index >= 15 is 0 Å². The maximum atomic E-state index is 12.7. The van der Waals surface area contributed by atoms with Gasteiger partial charge in [-0.3, -0.25) is 4.79 Å². The number of ether oxygens (including phenoxy) is 2. The number of aromatic nitrogens is 3. The van der Waals surface area contributed by atoms with Gasteiger partial charge in [-0.25, -0.2) is 4.79 Å². The number of benzene rings is 2. The quantitative estimate of drug-likeness (QED) is 0.282. The molecule has 2 aromatic carbocycles. The van der Waals surface area contributed by atoms with E-state index in [4.69, 9.17) is 21.1 Å². The number of carbonyl (C=O) groups is 2. The Morgan fingerprint density at radius 1 is 1.08 bits per heavy atom. The Morgan fingerprint density at radius 2 is 1.86 bits per heavy atom. The van der Waals surface area contributed by atoms with Crippen LogP contribution in [0.3, 0.4) is 0 Å². The van der Waals surface area contributed by atoms with E-state index in [1.54, 1.807) is 12.1 Å². The highest BCUT2D eigenvalue weighted by atomic mass is 35.5. The first-order valence-corrected chi connectivity index (χ1v) is 13.2. The van der Waals surface area contributed by atoms with E-state index in [9.17, 15) is 9.59 Å². The van der Waals surface area contributed by atoms with Crippen molar-refractivity contribution >= 4 is 58.5 Å². The number of nitrogens with zero attached hydrogens (tertiary/aromatic N) is 4. The molecule has 0 spiro atoms. The Labute approximate surface area is 224 Å². The first kappa shape index (κ1) is 26.6. The highest BCUT2D eigenvalue weighted by molar-refractivity contribution is 7.99. The van der Waals surface area contributed by atoms with Crippen molar-refractivity contribution in [2.75, 3.05) is 54.2 Å². The molecule has 2 N–H and O–H groups in total. The van der Waals surface area contributed by atoms with E-state index in [1.807, 2.05) is 42.2 Å². The summed E-state index contributed by atoms with van der Waals surface area (Å²) >= 11 is 7.33. The topological polar surface area (TPSA) is 119 Å². The summed E-state index contributed by atoms with van der Waals surface area (Å²) in [5.41, 5.74) is 1.48. The molecule has 10 nitrogen and oxygen atoms in total. The summed E-state index contributed by atoms with van der Waals surface area (Å²) in [5, 5.41) is 6.65. The van der Waals surface area contributed by atoms with Crippen molar-refractivity contribution in [2.24, 2.45) is 0 Å². The maximum absolute atomic E-state index is 12.7. The summed E-state index contributed by atoms with van der Waals surface area (Å²) < 4.78 is 10.6. The van der Waals surface area contributed by atoms with Gasteiger partial charge < -0.3 is 25.0 Å². The number of morpholine rings is 1. The number of amides is 1. The molecule has 1 saturated heterocycles. The smallest absolute Gasteiger partial charge is 0.339 e. The molecule has 0 bridgehead atoms. The Balaban J connectivity index is 1.44. The molecular weight excluding hydrogens is 516 g/mol. The third kappa shape index (κ3) is 7.78. The van der Waals surface area contributed by atoms with Crippen LogP contribution < -0.4 is 15.5 Å². The summed E-state index contributed by atoms with van der Waals surface area (Å²) in [5.74, 6) is 0.143. The number of anilines is 4. The number of carbonyl (C=O) groups excluding carboxylic acids is 2. The monoisotopic (exact) mass is 542 g/mol. The highest BCUT2D eigenvalue weighted by Gasteiger charge is 2.18. The zero-order valence-corrected chi connectivity index (χ0v) is 21.8. The van der Waals surface area contributed by atoms with Crippen LogP contribution >= 0.6 is 23.4 Å². The molecule has 1 aliphatic heterocycles. The largest absolute Gasteiger partial charge is 0.462 e.